The minimum Gasteiger partial charge on any atom is -0.468 e. The van der Waals surface area contributed by atoms with Crippen LogP contribution in [0.25, 0.3) is 0 Å². The summed E-state index contributed by atoms with van der Waals surface area (Å²) in [5.74, 6) is 0.933. The van der Waals surface area contributed by atoms with E-state index in [1.807, 2.05) is 19.2 Å². The van der Waals surface area contributed by atoms with E-state index in [0.29, 0.717) is 0 Å². The summed E-state index contributed by atoms with van der Waals surface area (Å²) >= 11 is 5.05. The van der Waals surface area contributed by atoms with Crippen molar-refractivity contribution in [3.8, 4) is 0 Å². The average molecular weight is 284 g/mol. The van der Waals surface area contributed by atoms with Crippen LogP contribution in [0.5, 0.6) is 0 Å². The second-order valence-corrected chi connectivity index (χ2v) is 5.13. The molecule has 0 aromatic carbocycles. The van der Waals surface area contributed by atoms with Crippen molar-refractivity contribution in [2.24, 2.45) is 0 Å². The third-order valence-corrected chi connectivity index (χ3v) is 3.95. The van der Waals surface area contributed by atoms with E-state index in [1.165, 1.54) is 5.56 Å². The quantitative estimate of drug-likeness (QED) is 0.826. The third kappa shape index (κ3) is 2.44. The number of halogens is 1. The minimum atomic E-state index is 0.933. The van der Waals surface area contributed by atoms with Gasteiger partial charge in [-0.05, 0) is 47.5 Å². The summed E-state index contributed by atoms with van der Waals surface area (Å²) < 4.78 is 6.27. The SMILES string of the molecule is Cc1cc(Sc2ccoc2C)ncc1Br. The second-order valence-electron chi connectivity index (χ2n) is 3.21. The zero-order chi connectivity index (χ0) is 10.8. The van der Waals surface area contributed by atoms with E-state index in [0.717, 1.165) is 20.2 Å². The third-order valence-electron chi connectivity index (χ3n) is 2.05. The van der Waals surface area contributed by atoms with Crippen molar-refractivity contribution in [3.63, 3.8) is 0 Å². The molecule has 0 fully saturated rings. The Hall–Kier alpha value is -0.740. The lowest BCUT2D eigenvalue weighted by molar-refractivity contribution is 0.527. The van der Waals surface area contributed by atoms with Gasteiger partial charge in [-0.2, -0.15) is 0 Å². The Balaban J connectivity index is 2.25. The molecular formula is C11H10BrNOS. The van der Waals surface area contributed by atoms with Gasteiger partial charge in [0, 0.05) is 10.7 Å². The van der Waals surface area contributed by atoms with Crippen LogP contribution in [-0.4, -0.2) is 4.98 Å². The molecule has 0 amide bonds. The van der Waals surface area contributed by atoms with E-state index in [4.69, 9.17) is 4.42 Å². The molecule has 0 radical (unpaired) electrons. The van der Waals surface area contributed by atoms with Crippen LogP contribution in [0.1, 0.15) is 11.3 Å². The first-order chi connectivity index (χ1) is 7.16. The monoisotopic (exact) mass is 283 g/mol. The molecule has 0 saturated heterocycles. The first kappa shape index (κ1) is 10.8. The van der Waals surface area contributed by atoms with Crippen molar-refractivity contribution in [1.82, 2.24) is 4.98 Å². The highest BCUT2D eigenvalue weighted by atomic mass is 79.9. The molecule has 0 aliphatic carbocycles. The van der Waals surface area contributed by atoms with Crippen molar-refractivity contribution in [2.45, 2.75) is 23.8 Å². The van der Waals surface area contributed by atoms with E-state index < -0.39 is 0 Å². The second kappa shape index (κ2) is 4.41. The maximum absolute atomic E-state index is 5.23. The van der Waals surface area contributed by atoms with Crippen LogP contribution < -0.4 is 0 Å². The predicted octanol–water partition coefficient (Wildman–Crippen LogP) is 4.21. The molecular weight excluding hydrogens is 274 g/mol. The van der Waals surface area contributed by atoms with Crippen molar-refractivity contribution >= 4 is 27.7 Å². The molecule has 2 heterocycles. The standard InChI is InChI=1S/C11H10BrNOS/c1-7-5-11(13-6-9(7)12)15-10-3-4-14-8(10)2/h3-6H,1-2H3. The van der Waals surface area contributed by atoms with E-state index >= 15 is 0 Å². The van der Waals surface area contributed by atoms with E-state index in [2.05, 4.69) is 33.9 Å². The molecule has 0 unspecified atom stereocenters. The first-order valence-electron chi connectivity index (χ1n) is 4.51. The molecule has 2 nitrogen and oxygen atoms in total. The van der Waals surface area contributed by atoms with Gasteiger partial charge in [-0.15, -0.1) is 0 Å². The van der Waals surface area contributed by atoms with Gasteiger partial charge in [-0.1, -0.05) is 11.8 Å². The predicted molar refractivity (Wildman–Crippen MR) is 64.2 cm³/mol. The Kier molecular flexibility index (Phi) is 3.17. The number of furan rings is 1. The molecule has 4 heteroatoms. The molecule has 0 aliphatic rings. The number of hydrogen-bond acceptors (Lipinski definition) is 3. The van der Waals surface area contributed by atoms with Gasteiger partial charge in [0.2, 0.25) is 0 Å². The lowest BCUT2D eigenvalue weighted by Gasteiger charge is -2.01. The van der Waals surface area contributed by atoms with Crippen LogP contribution in [0.3, 0.4) is 0 Å². The van der Waals surface area contributed by atoms with Gasteiger partial charge in [-0.25, -0.2) is 4.98 Å². The zero-order valence-corrected chi connectivity index (χ0v) is 10.9. The fourth-order valence-corrected chi connectivity index (χ4v) is 2.26. The van der Waals surface area contributed by atoms with Crippen LogP contribution in [0.4, 0.5) is 0 Å². The molecule has 15 heavy (non-hydrogen) atoms. The number of rotatable bonds is 2. The normalized spacial score (nSPS) is 10.6. The Morgan fingerprint density at radius 2 is 2.20 bits per heavy atom. The van der Waals surface area contributed by atoms with Crippen molar-refractivity contribution in [2.75, 3.05) is 0 Å². The molecule has 0 atom stereocenters. The first-order valence-corrected chi connectivity index (χ1v) is 6.12. The summed E-state index contributed by atoms with van der Waals surface area (Å²) in [7, 11) is 0. The molecule has 0 spiro atoms. The highest BCUT2D eigenvalue weighted by Crippen LogP contribution is 2.30. The van der Waals surface area contributed by atoms with Gasteiger partial charge in [0.25, 0.3) is 0 Å². The smallest absolute Gasteiger partial charge is 0.114 e. The molecule has 78 valence electrons. The number of aromatic nitrogens is 1. The Bertz CT molecular complexity index is 481. The van der Waals surface area contributed by atoms with Crippen molar-refractivity contribution in [1.29, 1.82) is 0 Å². The summed E-state index contributed by atoms with van der Waals surface area (Å²) in [6.07, 6.45) is 3.52. The van der Waals surface area contributed by atoms with E-state index in [1.54, 1.807) is 18.0 Å². The largest absolute Gasteiger partial charge is 0.468 e. The lowest BCUT2D eigenvalue weighted by Crippen LogP contribution is -1.83. The summed E-state index contributed by atoms with van der Waals surface area (Å²) in [6, 6.07) is 4.01. The lowest BCUT2D eigenvalue weighted by atomic mass is 10.3. The topological polar surface area (TPSA) is 26.0 Å². The number of pyridine rings is 1. The van der Waals surface area contributed by atoms with Gasteiger partial charge in [0.05, 0.1) is 11.2 Å². The maximum Gasteiger partial charge on any atom is 0.114 e. The average Bonchev–Trinajstić information content (AvgIpc) is 2.59. The van der Waals surface area contributed by atoms with Gasteiger partial charge in [0.1, 0.15) is 10.8 Å². The highest BCUT2D eigenvalue weighted by molar-refractivity contribution is 9.10. The number of hydrogen-bond donors (Lipinski definition) is 0. The van der Waals surface area contributed by atoms with Gasteiger partial charge in [0.15, 0.2) is 0 Å². The molecule has 2 rings (SSSR count). The minimum absolute atomic E-state index is 0.933. The molecule has 0 N–H and O–H groups in total. The molecule has 2 aromatic heterocycles. The molecule has 0 saturated carbocycles. The van der Waals surface area contributed by atoms with Crippen LogP contribution in [0, 0.1) is 13.8 Å². The summed E-state index contributed by atoms with van der Waals surface area (Å²) in [4.78, 5) is 5.44. The number of aryl methyl sites for hydroxylation is 2. The zero-order valence-electron chi connectivity index (χ0n) is 8.45. The Morgan fingerprint density at radius 3 is 2.80 bits per heavy atom. The van der Waals surface area contributed by atoms with Crippen molar-refractivity contribution < 1.29 is 4.42 Å². The highest BCUT2D eigenvalue weighted by Gasteiger charge is 2.05. The maximum atomic E-state index is 5.23. The van der Waals surface area contributed by atoms with E-state index in [9.17, 15) is 0 Å². The number of nitrogens with zero attached hydrogens (tertiary/aromatic N) is 1. The summed E-state index contributed by atoms with van der Waals surface area (Å²) in [5, 5.41) is 0.986. The van der Waals surface area contributed by atoms with Crippen LogP contribution in [-0.2, 0) is 0 Å². The van der Waals surface area contributed by atoms with E-state index in [-0.39, 0.29) is 0 Å². The van der Waals surface area contributed by atoms with Crippen LogP contribution in [0.2, 0.25) is 0 Å². The van der Waals surface area contributed by atoms with Crippen LogP contribution in [0.15, 0.2) is 43.4 Å². The summed E-state index contributed by atoms with van der Waals surface area (Å²) in [6.45, 7) is 4.01. The van der Waals surface area contributed by atoms with Gasteiger partial charge >= 0.3 is 0 Å². The Labute approximate surface area is 101 Å². The van der Waals surface area contributed by atoms with Crippen LogP contribution >= 0.6 is 27.7 Å². The van der Waals surface area contributed by atoms with Gasteiger partial charge in [-0.3, -0.25) is 0 Å². The molecule has 0 aliphatic heterocycles. The fraction of sp³-hybridized carbons (Fsp3) is 0.182. The molecule has 0 bridgehead atoms. The van der Waals surface area contributed by atoms with Crippen molar-refractivity contribution in [3.05, 3.63) is 40.4 Å². The van der Waals surface area contributed by atoms with Gasteiger partial charge < -0.3 is 4.42 Å². The Morgan fingerprint density at radius 1 is 1.40 bits per heavy atom. The fourth-order valence-electron chi connectivity index (χ4n) is 1.16. The summed E-state index contributed by atoms with van der Waals surface area (Å²) in [5.41, 5.74) is 1.19. The molecule has 2 aromatic rings.